The molecule has 8 heteroatoms. The summed E-state index contributed by atoms with van der Waals surface area (Å²) in [6.07, 6.45) is 0.00652. The number of sulfonamides is 1. The molecule has 1 fully saturated rings. The Balaban J connectivity index is 1.47. The zero-order valence-electron chi connectivity index (χ0n) is 18.1. The Morgan fingerprint density at radius 3 is 2.27 bits per heavy atom. The van der Waals surface area contributed by atoms with Crippen molar-refractivity contribution in [2.45, 2.75) is 29.8 Å². The average molecular weight is 470 g/mol. The van der Waals surface area contributed by atoms with Crippen LogP contribution >= 0.6 is 0 Å². The molecule has 0 amide bonds. The molecule has 1 atom stereocenters. The maximum Gasteiger partial charge on any atom is 0.303 e. The number of carboxylic acid groups (broad SMARTS) is 1. The summed E-state index contributed by atoms with van der Waals surface area (Å²) in [6.45, 7) is 0.241. The normalized spacial score (nSPS) is 17.5. The van der Waals surface area contributed by atoms with E-state index in [0.717, 1.165) is 10.8 Å². The molecule has 1 aliphatic heterocycles. The molecule has 7 nitrogen and oxygen atoms in total. The van der Waals surface area contributed by atoms with Crippen LogP contribution in [0.15, 0.2) is 77.7 Å². The minimum Gasteiger partial charge on any atom is -0.493 e. The quantitative estimate of drug-likeness (QED) is 0.523. The van der Waals surface area contributed by atoms with Crippen LogP contribution < -0.4 is 4.74 Å². The highest BCUT2D eigenvalue weighted by Crippen LogP contribution is 2.35. The van der Waals surface area contributed by atoms with E-state index in [-0.39, 0.29) is 43.9 Å². The first-order chi connectivity index (χ1) is 15.8. The number of fused-ring (bicyclic) bond motifs is 1. The second-order valence-electron chi connectivity index (χ2n) is 8.44. The molecule has 0 bridgehead atoms. The molecule has 1 aliphatic rings. The molecule has 0 aromatic heterocycles. The highest BCUT2D eigenvalue weighted by Gasteiger charge is 2.43. The fourth-order valence-electron chi connectivity index (χ4n) is 4.33. The highest BCUT2D eigenvalue weighted by molar-refractivity contribution is 7.89. The molecule has 0 saturated carbocycles. The van der Waals surface area contributed by atoms with Gasteiger partial charge < -0.3 is 14.9 Å². The average Bonchev–Trinajstić information content (AvgIpc) is 2.82. The number of piperidine rings is 1. The Morgan fingerprint density at radius 1 is 0.970 bits per heavy atom. The monoisotopic (exact) mass is 469 g/mol. The Morgan fingerprint density at radius 2 is 1.61 bits per heavy atom. The van der Waals surface area contributed by atoms with Gasteiger partial charge in [-0.2, -0.15) is 4.31 Å². The summed E-state index contributed by atoms with van der Waals surface area (Å²) in [7, 11) is -3.73. The fraction of sp³-hybridized carbons (Fsp3) is 0.320. The highest BCUT2D eigenvalue weighted by atomic mass is 32.2. The first kappa shape index (κ1) is 23.2. The second kappa shape index (κ2) is 9.51. The number of ether oxygens (including phenoxy) is 1. The van der Waals surface area contributed by atoms with Crippen LogP contribution in [0, 0.1) is 5.92 Å². The summed E-state index contributed by atoms with van der Waals surface area (Å²) in [6, 6.07) is 21.6. The topological polar surface area (TPSA) is 104 Å². The van der Waals surface area contributed by atoms with Crippen molar-refractivity contribution in [1.29, 1.82) is 0 Å². The molecule has 1 heterocycles. The van der Waals surface area contributed by atoms with Gasteiger partial charge in [0.25, 0.3) is 0 Å². The Labute approximate surface area is 193 Å². The lowest BCUT2D eigenvalue weighted by Gasteiger charge is -2.42. The molecular formula is C25H27NO6S. The van der Waals surface area contributed by atoms with Crippen molar-refractivity contribution >= 4 is 26.8 Å². The maximum atomic E-state index is 13.2. The third kappa shape index (κ3) is 5.19. The number of carboxylic acids is 1. The lowest BCUT2D eigenvalue weighted by Crippen LogP contribution is -2.52. The van der Waals surface area contributed by atoms with Gasteiger partial charge in [-0.3, -0.25) is 4.79 Å². The number of aliphatic hydroxyl groups is 1. The predicted molar refractivity (Wildman–Crippen MR) is 125 cm³/mol. The number of nitrogens with zero attached hydrogens (tertiary/aromatic N) is 1. The zero-order valence-corrected chi connectivity index (χ0v) is 18.9. The molecule has 174 valence electrons. The smallest absolute Gasteiger partial charge is 0.303 e. The number of carbonyl (C=O) groups is 1. The summed E-state index contributed by atoms with van der Waals surface area (Å²) >= 11 is 0. The van der Waals surface area contributed by atoms with Gasteiger partial charge in [-0.05, 0) is 47.9 Å². The second-order valence-corrected chi connectivity index (χ2v) is 10.4. The van der Waals surface area contributed by atoms with Crippen LogP contribution in [0.3, 0.4) is 0 Å². The van der Waals surface area contributed by atoms with Crippen LogP contribution in [-0.4, -0.2) is 54.2 Å². The van der Waals surface area contributed by atoms with Gasteiger partial charge in [0.2, 0.25) is 10.0 Å². The summed E-state index contributed by atoms with van der Waals surface area (Å²) < 4.78 is 33.6. The van der Waals surface area contributed by atoms with Gasteiger partial charge in [0, 0.05) is 19.0 Å². The van der Waals surface area contributed by atoms with Crippen LogP contribution in [0.5, 0.6) is 5.75 Å². The van der Waals surface area contributed by atoms with Crippen molar-refractivity contribution in [3.8, 4) is 5.75 Å². The van der Waals surface area contributed by atoms with E-state index < -0.39 is 27.5 Å². The van der Waals surface area contributed by atoms with E-state index in [1.54, 1.807) is 30.3 Å². The molecule has 0 radical (unpaired) electrons. The molecule has 0 aliphatic carbocycles. The van der Waals surface area contributed by atoms with Crippen molar-refractivity contribution in [3.63, 3.8) is 0 Å². The fourth-order valence-corrected chi connectivity index (χ4v) is 5.80. The number of benzene rings is 3. The lowest BCUT2D eigenvalue weighted by atomic mass is 9.78. The molecule has 0 spiro atoms. The first-order valence-corrected chi connectivity index (χ1v) is 12.3. The summed E-state index contributed by atoms with van der Waals surface area (Å²) in [5, 5.41) is 22.5. The Hall–Kier alpha value is -2.94. The number of hydrogen-bond donors (Lipinski definition) is 2. The largest absolute Gasteiger partial charge is 0.493 e. The third-order valence-corrected chi connectivity index (χ3v) is 8.22. The van der Waals surface area contributed by atoms with Crippen LogP contribution in [-0.2, 0) is 14.8 Å². The van der Waals surface area contributed by atoms with Crippen molar-refractivity contribution in [1.82, 2.24) is 4.31 Å². The lowest BCUT2D eigenvalue weighted by molar-refractivity contribution is -0.143. The van der Waals surface area contributed by atoms with E-state index in [2.05, 4.69) is 0 Å². The van der Waals surface area contributed by atoms with Gasteiger partial charge in [0.1, 0.15) is 5.75 Å². The SMILES string of the molecule is O=C(O)CC(COc1ccccc1)C1(O)CCN(S(=O)(=O)c2ccc3ccccc3c2)CC1. The number of para-hydroxylation sites is 1. The molecule has 2 N–H and O–H groups in total. The van der Waals surface area contributed by atoms with Gasteiger partial charge >= 0.3 is 5.97 Å². The van der Waals surface area contributed by atoms with E-state index in [4.69, 9.17) is 4.74 Å². The van der Waals surface area contributed by atoms with Gasteiger partial charge in [0.05, 0.1) is 23.5 Å². The molecule has 3 aromatic rings. The Kier molecular flexibility index (Phi) is 6.69. The van der Waals surface area contributed by atoms with Gasteiger partial charge in [-0.15, -0.1) is 0 Å². The van der Waals surface area contributed by atoms with Crippen LogP contribution in [0.2, 0.25) is 0 Å². The van der Waals surface area contributed by atoms with Crippen molar-refractivity contribution in [2.24, 2.45) is 5.92 Å². The maximum absolute atomic E-state index is 13.2. The summed E-state index contributed by atoms with van der Waals surface area (Å²) in [4.78, 5) is 11.7. The number of rotatable bonds is 8. The van der Waals surface area contributed by atoms with Crippen LogP contribution in [0.25, 0.3) is 10.8 Å². The van der Waals surface area contributed by atoms with E-state index in [9.17, 15) is 23.4 Å². The van der Waals surface area contributed by atoms with Crippen molar-refractivity contribution in [3.05, 3.63) is 72.8 Å². The van der Waals surface area contributed by atoms with E-state index in [1.807, 2.05) is 42.5 Å². The predicted octanol–water partition coefficient (Wildman–Crippen LogP) is 3.53. The van der Waals surface area contributed by atoms with Crippen LogP contribution in [0.1, 0.15) is 19.3 Å². The molecule has 3 aromatic carbocycles. The number of aliphatic carboxylic acids is 1. The zero-order chi connectivity index (χ0) is 23.5. The molecule has 1 unspecified atom stereocenters. The van der Waals surface area contributed by atoms with Gasteiger partial charge in [-0.1, -0.05) is 48.5 Å². The Bertz CT molecular complexity index is 1220. The molecule has 4 rings (SSSR count). The molecule has 1 saturated heterocycles. The minimum absolute atomic E-state index is 0.0320. The molecular weight excluding hydrogens is 442 g/mol. The summed E-state index contributed by atoms with van der Waals surface area (Å²) in [5.74, 6) is -1.11. The van der Waals surface area contributed by atoms with E-state index >= 15 is 0 Å². The molecule has 33 heavy (non-hydrogen) atoms. The van der Waals surface area contributed by atoms with E-state index in [1.165, 1.54) is 4.31 Å². The minimum atomic E-state index is -3.73. The van der Waals surface area contributed by atoms with Gasteiger partial charge in [0.15, 0.2) is 0 Å². The van der Waals surface area contributed by atoms with Crippen molar-refractivity contribution < 1.29 is 28.2 Å². The van der Waals surface area contributed by atoms with Gasteiger partial charge in [-0.25, -0.2) is 8.42 Å². The van der Waals surface area contributed by atoms with E-state index in [0.29, 0.717) is 5.75 Å². The number of hydrogen-bond acceptors (Lipinski definition) is 5. The van der Waals surface area contributed by atoms with Crippen LogP contribution in [0.4, 0.5) is 0 Å². The van der Waals surface area contributed by atoms with Crippen molar-refractivity contribution in [2.75, 3.05) is 19.7 Å². The third-order valence-electron chi connectivity index (χ3n) is 6.32. The standard InChI is InChI=1S/C25H27NO6S/c27-24(28)17-21(18-32-22-8-2-1-3-9-22)25(29)12-14-26(15-13-25)33(30,31)23-11-10-19-6-4-5-7-20(19)16-23/h1-11,16,21,29H,12-15,17-18H2,(H,27,28). The first-order valence-electron chi connectivity index (χ1n) is 10.9. The summed E-state index contributed by atoms with van der Waals surface area (Å²) in [5.41, 5.74) is -1.33.